The molecule has 0 aliphatic heterocycles. The van der Waals surface area contributed by atoms with E-state index in [4.69, 9.17) is 16.9 Å². The molecular formula is C11H7ClF3NO. The average molecular weight is 262 g/mol. The van der Waals surface area contributed by atoms with Crippen LogP contribution in [0.15, 0.2) is 12.1 Å². The predicted molar refractivity (Wildman–Crippen MR) is 55.9 cm³/mol. The van der Waals surface area contributed by atoms with Crippen molar-refractivity contribution in [1.29, 1.82) is 5.26 Å². The molecule has 90 valence electrons. The van der Waals surface area contributed by atoms with Crippen molar-refractivity contribution in [2.45, 2.75) is 13.1 Å². The third-order valence-electron chi connectivity index (χ3n) is 2.29. The molecule has 0 spiro atoms. The molecule has 0 N–H and O–H groups in total. The lowest BCUT2D eigenvalue weighted by Gasteiger charge is -2.13. The van der Waals surface area contributed by atoms with Crippen LogP contribution in [-0.4, -0.2) is 11.7 Å². The van der Waals surface area contributed by atoms with Crippen molar-refractivity contribution >= 4 is 17.4 Å². The summed E-state index contributed by atoms with van der Waals surface area (Å²) >= 11 is 5.31. The maximum absolute atomic E-state index is 12.6. The van der Waals surface area contributed by atoms with Gasteiger partial charge in [-0.1, -0.05) is 0 Å². The quantitative estimate of drug-likeness (QED) is 0.605. The Hall–Kier alpha value is -1.54. The van der Waals surface area contributed by atoms with Crippen molar-refractivity contribution < 1.29 is 18.0 Å². The number of hydrogen-bond acceptors (Lipinski definition) is 2. The summed E-state index contributed by atoms with van der Waals surface area (Å²) in [6.45, 7) is 1.16. The molecule has 1 aromatic carbocycles. The van der Waals surface area contributed by atoms with Crippen LogP contribution in [0.5, 0.6) is 0 Å². The van der Waals surface area contributed by atoms with Gasteiger partial charge in [0, 0.05) is 5.56 Å². The summed E-state index contributed by atoms with van der Waals surface area (Å²) in [4.78, 5) is 11.4. The first-order valence-electron chi connectivity index (χ1n) is 4.53. The van der Waals surface area contributed by atoms with E-state index in [-0.39, 0.29) is 16.7 Å². The molecule has 0 aliphatic carbocycles. The zero-order valence-corrected chi connectivity index (χ0v) is 9.49. The molecular weight excluding hydrogens is 255 g/mol. The second-order valence-electron chi connectivity index (χ2n) is 3.33. The van der Waals surface area contributed by atoms with Crippen LogP contribution in [-0.2, 0) is 6.18 Å². The fraction of sp³-hybridized carbons (Fsp3) is 0.273. The summed E-state index contributed by atoms with van der Waals surface area (Å²) in [6.07, 6.45) is -4.56. The molecule has 1 aromatic rings. The third-order valence-corrected chi connectivity index (χ3v) is 2.53. The summed E-state index contributed by atoms with van der Waals surface area (Å²) < 4.78 is 37.8. The number of nitriles is 1. The average Bonchev–Trinajstić information content (AvgIpc) is 2.25. The summed E-state index contributed by atoms with van der Waals surface area (Å²) in [6, 6.07) is 3.46. The van der Waals surface area contributed by atoms with Crippen molar-refractivity contribution in [3.63, 3.8) is 0 Å². The molecule has 17 heavy (non-hydrogen) atoms. The SMILES string of the molecule is Cc1c(C(F)(F)F)ccc(C#N)c1C(=O)CCl. The number of Topliss-reactive ketones (excluding diaryl/α,β-unsaturated/α-hetero) is 1. The monoisotopic (exact) mass is 261 g/mol. The van der Waals surface area contributed by atoms with Crippen LogP contribution in [0.4, 0.5) is 13.2 Å². The zero-order valence-electron chi connectivity index (χ0n) is 8.73. The maximum atomic E-state index is 12.6. The van der Waals surface area contributed by atoms with Gasteiger partial charge in [-0.25, -0.2) is 0 Å². The molecule has 0 heterocycles. The maximum Gasteiger partial charge on any atom is 0.416 e. The molecule has 0 amide bonds. The lowest BCUT2D eigenvalue weighted by molar-refractivity contribution is -0.138. The van der Waals surface area contributed by atoms with Gasteiger partial charge in [0.15, 0.2) is 5.78 Å². The molecule has 0 aromatic heterocycles. The van der Waals surface area contributed by atoms with Gasteiger partial charge in [-0.2, -0.15) is 18.4 Å². The summed E-state index contributed by atoms with van der Waals surface area (Å²) in [5.41, 5.74) is -1.54. The minimum Gasteiger partial charge on any atom is -0.293 e. The van der Waals surface area contributed by atoms with Gasteiger partial charge in [0.2, 0.25) is 0 Å². The van der Waals surface area contributed by atoms with Gasteiger partial charge in [-0.3, -0.25) is 4.79 Å². The number of halogens is 4. The Labute approximate surface area is 101 Å². The smallest absolute Gasteiger partial charge is 0.293 e. The second kappa shape index (κ2) is 4.76. The van der Waals surface area contributed by atoms with E-state index in [1.54, 1.807) is 6.07 Å². The lowest BCUT2D eigenvalue weighted by Crippen LogP contribution is -2.14. The number of carbonyl (C=O) groups is 1. The van der Waals surface area contributed by atoms with E-state index in [1.165, 1.54) is 0 Å². The molecule has 0 bridgehead atoms. The van der Waals surface area contributed by atoms with Gasteiger partial charge in [-0.05, 0) is 24.6 Å². The highest BCUT2D eigenvalue weighted by Crippen LogP contribution is 2.34. The lowest BCUT2D eigenvalue weighted by atomic mass is 9.94. The molecule has 6 heteroatoms. The van der Waals surface area contributed by atoms with Crippen LogP contribution < -0.4 is 0 Å². The number of benzene rings is 1. The van der Waals surface area contributed by atoms with Crippen molar-refractivity contribution in [1.82, 2.24) is 0 Å². The van der Waals surface area contributed by atoms with E-state index in [1.807, 2.05) is 0 Å². The number of hydrogen-bond donors (Lipinski definition) is 0. The number of alkyl halides is 4. The van der Waals surface area contributed by atoms with E-state index in [2.05, 4.69) is 0 Å². The Morgan fingerprint density at radius 1 is 1.47 bits per heavy atom. The summed E-state index contributed by atoms with van der Waals surface area (Å²) in [7, 11) is 0. The molecule has 1 rings (SSSR count). The molecule has 0 aliphatic rings. The van der Waals surface area contributed by atoms with Crippen LogP contribution in [0.1, 0.15) is 27.0 Å². The van der Waals surface area contributed by atoms with E-state index in [9.17, 15) is 18.0 Å². The predicted octanol–water partition coefficient (Wildman–Crippen LogP) is 3.31. The number of rotatable bonds is 2. The fourth-order valence-electron chi connectivity index (χ4n) is 1.54. The van der Waals surface area contributed by atoms with E-state index >= 15 is 0 Å². The normalized spacial score (nSPS) is 11.1. The fourth-order valence-corrected chi connectivity index (χ4v) is 1.67. The van der Waals surface area contributed by atoms with Crippen molar-refractivity contribution in [3.8, 4) is 6.07 Å². The van der Waals surface area contributed by atoms with Crippen LogP contribution in [0.25, 0.3) is 0 Å². The van der Waals surface area contributed by atoms with Gasteiger partial charge in [-0.15, -0.1) is 11.6 Å². The molecule has 2 nitrogen and oxygen atoms in total. The minimum atomic E-state index is -4.56. The van der Waals surface area contributed by atoms with Crippen LogP contribution >= 0.6 is 11.6 Å². The zero-order chi connectivity index (χ0) is 13.2. The largest absolute Gasteiger partial charge is 0.416 e. The van der Waals surface area contributed by atoms with Gasteiger partial charge in [0.05, 0.1) is 23.1 Å². The van der Waals surface area contributed by atoms with E-state index in [0.717, 1.165) is 19.1 Å². The van der Waals surface area contributed by atoms with E-state index in [0.29, 0.717) is 0 Å². The topological polar surface area (TPSA) is 40.9 Å². The van der Waals surface area contributed by atoms with Gasteiger partial charge in [0.1, 0.15) is 0 Å². The first-order valence-corrected chi connectivity index (χ1v) is 5.06. The van der Waals surface area contributed by atoms with Crippen LogP contribution in [0.3, 0.4) is 0 Å². The highest BCUT2D eigenvalue weighted by Gasteiger charge is 2.34. The second-order valence-corrected chi connectivity index (χ2v) is 3.59. The Balaban J connectivity index is 3.56. The Morgan fingerprint density at radius 2 is 2.06 bits per heavy atom. The van der Waals surface area contributed by atoms with Crippen LogP contribution in [0, 0.1) is 18.3 Å². The van der Waals surface area contributed by atoms with Crippen LogP contribution in [0.2, 0.25) is 0 Å². The first kappa shape index (κ1) is 13.5. The standard InChI is InChI=1S/C11H7ClF3NO/c1-6-8(11(13,14)15)3-2-7(5-16)10(6)9(17)4-12/h2-3H,4H2,1H3. The molecule has 0 saturated carbocycles. The number of carbonyl (C=O) groups excluding carboxylic acids is 1. The Bertz CT molecular complexity index is 503. The number of nitrogens with zero attached hydrogens (tertiary/aromatic N) is 1. The molecule has 0 unspecified atom stereocenters. The highest BCUT2D eigenvalue weighted by atomic mass is 35.5. The third kappa shape index (κ3) is 2.59. The van der Waals surface area contributed by atoms with Crippen molar-refractivity contribution in [2.24, 2.45) is 0 Å². The minimum absolute atomic E-state index is 0.0962. The molecule has 0 saturated heterocycles. The first-order chi connectivity index (χ1) is 7.82. The van der Waals surface area contributed by atoms with Gasteiger partial charge in [0.25, 0.3) is 0 Å². The Morgan fingerprint density at radius 3 is 2.47 bits per heavy atom. The van der Waals surface area contributed by atoms with Crippen molar-refractivity contribution in [3.05, 3.63) is 34.4 Å². The summed E-state index contributed by atoms with van der Waals surface area (Å²) in [5, 5.41) is 8.75. The van der Waals surface area contributed by atoms with Crippen molar-refractivity contribution in [2.75, 3.05) is 5.88 Å². The summed E-state index contributed by atoms with van der Waals surface area (Å²) in [5.74, 6) is -1.15. The molecule has 0 radical (unpaired) electrons. The van der Waals surface area contributed by atoms with Gasteiger partial charge >= 0.3 is 6.18 Å². The Kier molecular flexibility index (Phi) is 3.79. The number of ketones is 1. The van der Waals surface area contributed by atoms with E-state index < -0.39 is 23.4 Å². The molecule has 0 fully saturated rings. The highest BCUT2D eigenvalue weighted by molar-refractivity contribution is 6.31. The van der Waals surface area contributed by atoms with Gasteiger partial charge < -0.3 is 0 Å². The molecule has 0 atom stereocenters.